The van der Waals surface area contributed by atoms with E-state index >= 15 is 0 Å². The molecule has 2 aromatic carbocycles. The summed E-state index contributed by atoms with van der Waals surface area (Å²) in [5.74, 6) is 0. The summed E-state index contributed by atoms with van der Waals surface area (Å²) >= 11 is 0. The number of nitrogens with zero attached hydrogens (tertiary/aromatic N) is 3. The topological polar surface area (TPSA) is 70.9 Å². The molecule has 0 aliphatic carbocycles. The van der Waals surface area contributed by atoms with Crippen molar-refractivity contribution >= 4 is 22.7 Å². The lowest BCUT2D eigenvalue weighted by Crippen LogP contribution is -2.39. The minimum absolute atomic E-state index is 0.0913. The molecule has 0 saturated carbocycles. The fourth-order valence-electron chi connectivity index (χ4n) is 3.57. The van der Waals surface area contributed by atoms with Gasteiger partial charge in [0, 0.05) is 75.1 Å². The molecular formula is C21H28N4O3. The monoisotopic (exact) mass is 384 g/mol. The zero-order valence-electron chi connectivity index (χ0n) is 16.7. The normalized spacial score (nSPS) is 14.8. The van der Waals surface area contributed by atoms with Gasteiger partial charge in [-0.05, 0) is 43.2 Å². The number of rotatable bonds is 7. The van der Waals surface area contributed by atoms with Gasteiger partial charge in [-0.3, -0.25) is 10.1 Å². The van der Waals surface area contributed by atoms with Gasteiger partial charge in [-0.15, -0.1) is 0 Å². The number of piperidine rings is 1. The van der Waals surface area contributed by atoms with Gasteiger partial charge < -0.3 is 19.9 Å². The third-order valence-electron chi connectivity index (χ3n) is 5.19. The summed E-state index contributed by atoms with van der Waals surface area (Å²) in [7, 11) is 5.69. The lowest BCUT2D eigenvalue weighted by atomic mass is 10.0. The van der Waals surface area contributed by atoms with Crippen LogP contribution < -0.4 is 15.1 Å². The predicted octanol–water partition coefficient (Wildman–Crippen LogP) is 3.89. The number of ether oxygens (including phenoxy) is 1. The molecule has 1 heterocycles. The SMILES string of the molecule is COCc1cc([N+](=O)[O-])ccc1NC1CCN(c2ccc(N(C)C)cc2)CC1. The Morgan fingerprint density at radius 1 is 1.18 bits per heavy atom. The average Bonchev–Trinajstić information content (AvgIpc) is 2.70. The first-order valence-electron chi connectivity index (χ1n) is 9.53. The molecule has 3 rings (SSSR count). The van der Waals surface area contributed by atoms with Crippen molar-refractivity contribution in [3.63, 3.8) is 0 Å². The summed E-state index contributed by atoms with van der Waals surface area (Å²) in [6.45, 7) is 2.30. The number of methoxy groups -OCH3 is 1. The van der Waals surface area contributed by atoms with E-state index in [0.717, 1.165) is 37.2 Å². The van der Waals surface area contributed by atoms with Gasteiger partial charge in [0.1, 0.15) is 0 Å². The molecule has 28 heavy (non-hydrogen) atoms. The third-order valence-corrected chi connectivity index (χ3v) is 5.19. The number of nitro groups is 1. The number of non-ortho nitro benzene ring substituents is 1. The van der Waals surface area contributed by atoms with Crippen molar-refractivity contribution in [3.8, 4) is 0 Å². The van der Waals surface area contributed by atoms with E-state index in [2.05, 4.69) is 39.4 Å². The van der Waals surface area contributed by atoms with Gasteiger partial charge in [0.2, 0.25) is 0 Å². The highest BCUT2D eigenvalue weighted by Gasteiger charge is 2.21. The standard InChI is InChI=1S/C21H28N4O3/c1-23(2)18-4-6-19(7-5-18)24-12-10-17(11-13-24)22-21-9-8-20(25(26)27)14-16(21)15-28-3/h4-9,14,17,22H,10-13,15H2,1-3H3. The molecule has 7 nitrogen and oxygen atoms in total. The van der Waals surface area contributed by atoms with Crippen molar-refractivity contribution in [2.24, 2.45) is 0 Å². The van der Waals surface area contributed by atoms with Crippen molar-refractivity contribution in [1.82, 2.24) is 0 Å². The van der Waals surface area contributed by atoms with Gasteiger partial charge in [0.05, 0.1) is 11.5 Å². The van der Waals surface area contributed by atoms with Gasteiger partial charge in [-0.1, -0.05) is 0 Å². The fraction of sp³-hybridized carbons (Fsp3) is 0.429. The van der Waals surface area contributed by atoms with Crippen LogP contribution in [0.1, 0.15) is 18.4 Å². The molecule has 0 amide bonds. The van der Waals surface area contributed by atoms with E-state index in [4.69, 9.17) is 4.74 Å². The van der Waals surface area contributed by atoms with Crippen molar-refractivity contribution < 1.29 is 9.66 Å². The molecular weight excluding hydrogens is 356 g/mol. The number of nitrogens with one attached hydrogen (secondary N) is 1. The minimum Gasteiger partial charge on any atom is -0.382 e. The number of hydrogen-bond donors (Lipinski definition) is 1. The second-order valence-corrected chi connectivity index (χ2v) is 7.35. The summed E-state index contributed by atoms with van der Waals surface area (Å²) in [6.07, 6.45) is 2.03. The second-order valence-electron chi connectivity index (χ2n) is 7.35. The van der Waals surface area contributed by atoms with Crippen LogP contribution in [0.5, 0.6) is 0 Å². The van der Waals surface area contributed by atoms with E-state index < -0.39 is 0 Å². The maximum Gasteiger partial charge on any atom is 0.269 e. The quantitative estimate of drug-likeness (QED) is 0.577. The summed E-state index contributed by atoms with van der Waals surface area (Å²) in [5.41, 5.74) is 4.27. The Labute approximate surface area is 166 Å². The predicted molar refractivity (Wildman–Crippen MR) is 113 cm³/mol. The van der Waals surface area contributed by atoms with Crippen LogP contribution >= 0.6 is 0 Å². The lowest BCUT2D eigenvalue weighted by Gasteiger charge is -2.35. The largest absolute Gasteiger partial charge is 0.382 e. The van der Waals surface area contributed by atoms with Crippen LogP contribution in [0.4, 0.5) is 22.7 Å². The van der Waals surface area contributed by atoms with Crippen molar-refractivity contribution in [2.75, 3.05) is 49.4 Å². The molecule has 0 unspecified atom stereocenters. The summed E-state index contributed by atoms with van der Waals surface area (Å²) in [4.78, 5) is 15.2. The van der Waals surface area contributed by atoms with Crippen LogP contribution in [0.25, 0.3) is 0 Å². The van der Waals surface area contributed by atoms with Crippen LogP contribution in [0.2, 0.25) is 0 Å². The molecule has 7 heteroatoms. The smallest absolute Gasteiger partial charge is 0.269 e. The van der Waals surface area contributed by atoms with Crippen LogP contribution in [0, 0.1) is 10.1 Å². The summed E-state index contributed by atoms with van der Waals surface area (Å²) in [5, 5.41) is 14.6. The molecule has 1 saturated heterocycles. The molecule has 0 bridgehead atoms. The zero-order chi connectivity index (χ0) is 20.1. The van der Waals surface area contributed by atoms with Crippen molar-refractivity contribution in [3.05, 3.63) is 58.1 Å². The molecule has 0 radical (unpaired) electrons. The van der Waals surface area contributed by atoms with Gasteiger partial charge in [0.25, 0.3) is 5.69 Å². The molecule has 0 spiro atoms. The van der Waals surface area contributed by atoms with Gasteiger partial charge in [-0.25, -0.2) is 0 Å². The van der Waals surface area contributed by atoms with E-state index in [1.165, 1.54) is 11.4 Å². The van der Waals surface area contributed by atoms with Gasteiger partial charge in [0.15, 0.2) is 0 Å². The van der Waals surface area contributed by atoms with Crippen LogP contribution in [-0.4, -0.2) is 45.3 Å². The lowest BCUT2D eigenvalue weighted by molar-refractivity contribution is -0.384. The highest BCUT2D eigenvalue weighted by molar-refractivity contribution is 5.58. The maximum absolute atomic E-state index is 11.0. The molecule has 0 aromatic heterocycles. The van der Waals surface area contributed by atoms with Crippen molar-refractivity contribution in [1.29, 1.82) is 0 Å². The van der Waals surface area contributed by atoms with Crippen LogP contribution in [0.15, 0.2) is 42.5 Å². The van der Waals surface area contributed by atoms with E-state index in [1.807, 2.05) is 14.1 Å². The van der Waals surface area contributed by atoms with Gasteiger partial charge in [-0.2, -0.15) is 0 Å². The number of hydrogen-bond acceptors (Lipinski definition) is 6. The van der Waals surface area contributed by atoms with Gasteiger partial charge >= 0.3 is 0 Å². The zero-order valence-corrected chi connectivity index (χ0v) is 16.7. The number of anilines is 3. The maximum atomic E-state index is 11.0. The molecule has 1 aliphatic heterocycles. The second kappa shape index (κ2) is 8.93. The Morgan fingerprint density at radius 2 is 1.86 bits per heavy atom. The molecule has 2 aromatic rings. The highest BCUT2D eigenvalue weighted by atomic mass is 16.6. The first-order valence-corrected chi connectivity index (χ1v) is 9.53. The van der Waals surface area contributed by atoms with Crippen molar-refractivity contribution in [2.45, 2.75) is 25.5 Å². The molecule has 1 aliphatic rings. The Bertz CT molecular complexity index is 800. The molecule has 1 fully saturated rings. The summed E-state index contributed by atoms with van der Waals surface area (Å²) < 4.78 is 5.22. The van der Waals surface area contributed by atoms with E-state index in [0.29, 0.717) is 12.6 Å². The van der Waals surface area contributed by atoms with E-state index in [9.17, 15) is 10.1 Å². The first kappa shape index (κ1) is 19.9. The number of nitro benzene ring substituents is 1. The van der Waals surface area contributed by atoms with E-state index in [1.54, 1.807) is 25.3 Å². The minimum atomic E-state index is -0.372. The number of benzene rings is 2. The van der Waals surface area contributed by atoms with Crippen LogP contribution in [0.3, 0.4) is 0 Å². The molecule has 1 N–H and O–H groups in total. The summed E-state index contributed by atoms with van der Waals surface area (Å²) in [6, 6.07) is 13.9. The molecule has 0 atom stereocenters. The molecule has 150 valence electrons. The highest BCUT2D eigenvalue weighted by Crippen LogP contribution is 2.27. The Hall–Kier alpha value is -2.80. The Balaban J connectivity index is 1.61. The third kappa shape index (κ3) is 4.72. The Morgan fingerprint density at radius 3 is 2.43 bits per heavy atom. The average molecular weight is 384 g/mol. The van der Waals surface area contributed by atoms with Crippen LogP contribution in [-0.2, 0) is 11.3 Å². The first-order chi connectivity index (χ1) is 13.5. The van der Waals surface area contributed by atoms with E-state index in [-0.39, 0.29) is 10.6 Å². The fourth-order valence-corrected chi connectivity index (χ4v) is 3.57. The Kier molecular flexibility index (Phi) is 6.36.